The molecule has 21 heavy (non-hydrogen) atoms. The van der Waals surface area contributed by atoms with Crippen molar-refractivity contribution in [1.82, 2.24) is 15.5 Å². The number of nitrogens with zero attached hydrogens (tertiary/aromatic N) is 1. The van der Waals surface area contributed by atoms with Gasteiger partial charge in [0, 0.05) is 25.7 Å². The van der Waals surface area contributed by atoms with Crippen molar-refractivity contribution in [2.24, 2.45) is 5.92 Å². The Bertz CT molecular complexity index is 438. The number of nitrogens with one attached hydrogen (secondary N) is 2. The number of hydrogen-bond acceptors (Lipinski definition) is 3. The van der Waals surface area contributed by atoms with Gasteiger partial charge in [0.05, 0.1) is 0 Å². The fourth-order valence-electron chi connectivity index (χ4n) is 2.85. The summed E-state index contributed by atoms with van der Waals surface area (Å²) in [6, 6.07) is 7.79. The molecule has 1 atom stereocenters. The molecule has 4 heteroatoms. The van der Waals surface area contributed by atoms with Gasteiger partial charge < -0.3 is 15.5 Å². The molecule has 1 heterocycles. The van der Waals surface area contributed by atoms with Crippen molar-refractivity contribution in [2.75, 3.05) is 33.2 Å². The predicted octanol–water partition coefficient (Wildman–Crippen LogP) is 1.87. The summed E-state index contributed by atoms with van der Waals surface area (Å²) in [4.78, 5) is 14.0. The van der Waals surface area contributed by atoms with Crippen LogP contribution in [0.25, 0.3) is 0 Å². The van der Waals surface area contributed by atoms with Gasteiger partial charge >= 0.3 is 0 Å². The molecule has 1 aromatic carbocycles. The van der Waals surface area contributed by atoms with Gasteiger partial charge in [-0.2, -0.15) is 0 Å². The van der Waals surface area contributed by atoms with Crippen LogP contribution in [0.2, 0.25) is 0 Å². The maximum atomic E-state index is 11.5. The standard InChI is InChI=1S/C17H27N3O/c1-14(13-20-9-3-4-10-20)11-19-12-15-5-7-16(8-6-15)17(21)18-2/h5-8,14,19H,3-4,9-13H2,1-2H3,(H,18,21). The highest BCUT2D eigenvalue weighted by Crippen LogP contribution is 2.10. The Balaban J connectivity index is 1.69. The van der Waals surface area contributed by atoms with Crippen molar-refractivity contribution >= 4 is 5.91 Å². The average molecular weight is 289 g/mol. The van der Waals surface area contributed by atoms with Crippen molar-refractivity contribution in [3.63, 3.8) is 0 Å². The Morgan fingerprint density at radius 2 is 1.90 bits per heavy atom. The molecule has 1 saturated heterocycles. The number of amides is 1. The molecular formula is C17H27N3O. The lowest BCUT2D eigenvalue weighted by atomic mass is 10.1. The van der Waals surface area contributed by atoms with Crippen LogP contribution >= 0.6 is 0 Å². The second kappa shape index (κ2) is 8.15. The minimum atomic E-state index is -0.0336. The Kier molecular flexibility index (Phi) is 6.21. The summed E-state index contributed by atoms with van der Waals surface area (Å²) >= 11 is 0. The van der Waals surface area contributed by atoms with Crippen LogP contribution in [0.5, 0.6) is 0 Å². The van der Waals surface area contributed by atoms with E-state index >= 15 is 0 Å². The van der Waals surface area contributed by atoms with E-state index in [1.54, 1.807) is 7.05 Å². The molecule has 1 aliphatic heterocycles. The first-order valence-electron chi connectivity index (χ1n) is 7.93. The molecule has 1 amide bonds. The van der Waals surface area contributed by atoms with Gasteiger partial charge in [0.2, 0.25) is 0 Å². The van der Waals surface area contributed by atoms with Gasteiger partial charge in [-0.05, 0) is 56.1 Å². The maximum absolute atomic E-state index is 11.5. The summed E-state index contributed by atoms with van der Waals surface area (Å²) in [6.45, 7) is 7.94. The van der Waals surface area contributed by atoms with Gasteiger partial charge in [0.15, 0.2) is 0 Å². The maximum Gasteiger partial charge on any atom is 0.251 e. The number of carbonyl (C=O) groups is 1. The zero-order chi connectivity index (χ0) is 15.1. The van der Waals surface area contributed by atoms with Crippen molar-refractivity contribution in [2.45, 2.75) is 26.3 Å². The molecule has 1 aliphatic rings. The summed E-state index contributed by atoms with van der Waals surface area (Å²) in [5.41, 5.74) is 1.93. The quantitative estimate of drug-likeness (QED) is 0.805. The van der Waals surface area contributed by atoms with E-state index in [0.717, 1.165) is 13.1 Å². The Morgan fingerprint density at radius 1 is 1.24 bits per heavy atom. The molecule has 0 aromatic heterocycles. The largest absolute Gasteiger partial charge is 0.355 e. The molecule has 1 fully saturated rings. The molecule has 1 unspecified atom stereocenters. The number of likely N-dealkylation sites (tertiary alicyclic amines) is 1. The van der Waals surface area contributed by atoms with E-state index in [0.29, 0.717) is 11.5 Å². The highest BCUT2D eigenvalue weighted by Gasteiger charge is 2.14. The SMILES string of the molecule is CNC(=O)c1ccc(CNCC(C)CN2CCCC2)cc1. The van der Waals surface area contributed by atoms with Gasteiger partial charge in [-0.3, -0.25) is 4.79 Å². The lowest BCUT2D eigenvalue weighted by Crippen LogP contribution is -2.31. The summed E-state index contributed by atoms with van der Waals surface area (Å²) in [6.07, 6.45) is 2.72. The third-order valence-electron chi connectivity index (χ3n) is 4.03. The van der Waals surface area contributed by atoms with Crippen LogP contribution < -0.4 is 10.6 Å². The Morgan fingerprint density at radius 3 is 2.52 bits per heavy atom. The number of carbonyl (C=O) groups excluding carboxylic acids is 1. The second-order valence-corrected chi connectivity index (χ2v) is 6.02. The van der Waals surface area contributed by atoms with Gasteiger partial charge in [0.1, 0.15) is 0 Å². The van der Waals surface area contributed by atoms with E-state index in [1.165, 1.54) is 38.0 Å². The third kappa shape index (κ3) is 5.14. The van der Waals surface area contributed by atoms with Gasteiger partial charge in [0.25, 0.3) is 5.91 Å². The zero-order valence-electron chi connectivity index (χ0n) is 13.2. The van der Waals surface area contributed by atoms with Crippen LogP contribution in [0.15, 0.2) is 24.3 Å². The average Bonchev–Trinajstić information content (AvgIpc) is 3.00. The van der Waals surface area contributed by atoms with E-state index in [4.69, 9.17) is 0 Å². The van der Waals surface area contributed by atoms with E-state index < -0.39 is 0 Å². The van der Waals surface area contributed by atoms with E-state index in [-0.39, 0.29) is 5.91 Å². The highest BCUT2D eigenvalue weighted by atomic mass is 16.1. The topological polar surface area (TPSA) is 44.4 Å². The van der Waals surface area contributed by atoms with Gasteiger partial charge in [-0.25, -0.2) is 0 Å². The molecular weight excluding hydrogens is 262 g/mol. The molecule has 0 radical (unpaired) electrons. The van der Waals surface area contributed by atoms with Crippen molar-refractivity contribution in [1.29, 1.82) is 0 Å². The van der Waals surface area contributed by atoms with Crippen LogP contribution in [0.1, 0.15) is 35.7 Å². The van der Waals surface area contributed by atoms with E-state index in [9.17, 15) is 4.79 Å². The van der Waals surface area contributed by atoms with Crippen LogP contribution in [-0.4, -0.2) is 44.0 Å². The fourth-order valence-corrected chi connectivity index (χ4v) is 2.85. The molecule has 4 nitrogen and oxygen atoms in total. The van der Waals surface area contributed by atoms with Crippen molar-refractivity contribution < 1.29 is 4.79 Å². The predicted molar refractivity (Wildman–Crippen MR) is 86.4 cm³/mol. The summed E-state index contributed by atoms with van der Waals surface area (Å²) < 4.78 is 0. The first-order valence-corrected chi connectivity index (χ1v) is 7.93. The summed E-state index contributed by atoms with van der Waals surface area (Å²) in [5, 5.41) is 6.14. The molecule has 0 aliphatic carbocycles. The van der Waals surface area contributed by atoms with Crippen LogP contribution in [-0.2, 0) is 6.54 Å². The van der Waals surface area contributed by atoms with Gasteiger partial charge in [-0.15, -0.1) is 0 Å². The first-order chi connectivity index (χ1) is 10.2. The minimum Gasteiger partial charge on any atom is -0.355 e. The third-order valence-corrected chi connectivity index (χ3v) is 4.03. The minimum absolute atomic E-state index is 0.0336. The number of benzene rings is 1. The molecule has 0 saturated carbocycles. The molecule has 2 rings (SSSR count). The summed E-state index contributed by atoms with van der Waals surface area (Å²) in [7, 11) is 1.65. The van der Waals surface area contributed by atoms with Crippen molar-refractivity contribution in [3.8, 4) is 0 Å². The van der Waals surface area contributed by atoms with Crippen LogP contribution in [0.4, 0.5) is 0 Å². The molecule has 0 spiro atoms. The van der Waals surface area contributed by atoms with E-state index in [1.807, 2.05) is 24.3 Å². The van der Waals surface area contributed by atoms with Crippen LogP contribution in [0.3, 0.4) is 0 Å². The van der Waals surface area contributed by atoms with E-state index in [2.05, 4.69) is 22.5 Å². The zero-order valence-corrected chi connectivity index (χ0v) is 13.2. The highest BCUT2D eigenvalue weighted by molar-refractivity contribution is 5.93. The molecule has 2 N–H and O–H groups in total. The van der Waals surface area contributed by atoms with Crippen molar-refractivity contribution in [3.05, 3.63) is 35.4 Å². The smallest absolute Gasteiger partial charge is 0.251 e. The first kappa shape index (κ1) is 16.0. The summed E-state index contributed by atoms with van der Waals surface area (Å²) in [5.74, 6) is 0.641. The molecule has 116 valence electrons. The normalized spacial score (nSPS) is 16.9. The van der Waals surface area contributed by atoms with Gasteiger partial charge in [-0.1, -0.05) is 19.1 Å². The molecule has 1 aromatic rings. The Hall–Kier alpha value is -1.39. The monoisotopic (exact) mass is 289 g/mol. The lowest BCUT2D eigenvalue weighted by Gasteiger charge is -2.20. The lowest BCUT2D eigenvalue weighted by molar-refractivity contribution is 0.0963. The number of rotatable bonds is 7. The number of hydrogen-bond donors (Lipinski definition) is 2. The second-order valence-electron chi connectivity index (χ2n) is 6.02. The fraction of sp³-hybridized carbons (Fsp3) is 0.588. The molecule has 0 bridgehead atoms. The Labute approximate surface area is 127 Å². The van der Waals surface area contributed by atoms with Crippen LogP contribution in [0, 0.1) is 5.92 Å².